The van der Waals surface area contributed by atoms with E-state index < -0.39 is 0 Å². The Morgan fingerprint density at radius 3 is 2.50 bits per heavy atom. The van der Waals surface area contributed by atoms with E-state index in [1.54, 1.807) is 23.1 Å². The minimum atomic E-state index is 0.411. The zero-order valence-electron chi connectivity index (χ0n) is 21.3. The van der Waals surface area contributed by atoms with Gasteiger partial charge in [-0.25, -0.2) is 0 Å². The Morgan fingerprint density at radius 2 is 1.75 bits per heavy atom. The van der Waals surface area contributed by atoms with Crippen LogP contribution in [0.5, 0.6) is 0 Å². The van der Waals surface area contributed by atoms with Crippen LogP contribution in [-0.2, 0) is 0 Å². The summed E-state index contributed by atoms with van der Waals surface area (Å²) in [7, 11) is 0. The molecular weight excluding hydrogens is 384 g/mol. The second kappa shape index (κ2) is 5.95. The van der Waals surface area contributed by atoms with Gasteiger partial charge in [0.15, 0.2) is 0 Å². The second-order valence-corrected chi connectivity index (χ2v) is 14.1. The summed E-state index contributed by atoms with van der Waals surface area (Å²) in [6.07, 6.45) is 14.2. The maximum Gasteiger partial charge on any atom is 0.00202 e. The van der Waals surface area contributed by atoms with E-state index in [1.807, 2.05) is 0 Å². The first-order valence-corrected chi connectivity index (χ1v) is 13.9. The highest BCUT2D eigenvalue weighted by Gasteiger charge is 2.94. The van der Waals surface area contributed by atoms with E-state index in [0.29, 0.717) is 16.2 Å². The van der Waals surface area contributed by atoms with Gasteiger partial charge in [-0.05, 0) is 141 Å². The smallest absolute Gasteiger partial charge is 0.00202 e. The fraction of sp³-hybridized carbons (Fsp3) is 0.750. The molecule has 0 heterocycles. The van der Waals surface area contributed by atoms with Gasteiger partial charge in [-0.1, -0.05) is 49.8 Å². The number of allylic oxidation sites excluding steroid dienone is 6. The third-order valence-electron chi connectivity index (χ3n) is 13.6. The van der Waals surface area contributed by atoms with E-state index in [0.717, 1.165) is 47.3 Å². The largest absolute Gasteiger partial charge is 0.0956 e. The molecule has 0 aromatic carbocycles. The first kappa shape index (κ1) is 20.3. The molecule has 0 aromatic rings. The predicted octanol–water partition coefficient (Wildman–Crippen LogP) is 8.53. The lowest BCUT2D eigenvalue weighted by molar-refractivity contribution is -0.0867. The molecule has 5 fully saturated rings. The molecule has 7 aliphatic carbocycles. The summed E-state index contributed by atoms with van der Waals surface area (Å²) < 4.78 is 0. The average molecular weight is 429 g/mol. The lowest BCUT2D eigenvalue weighted by Gasteiger charge is -2.60. The fourth-order valence-electron chi connectivity index (χ4n) is 11.8. The molecule has 11 atom stereocenters. The van der Waals surface area contributed by atoms with Gasteiger partial charge in [0.25, 0.3) is 0 Å². The van der Waals surface area contributed by atoms with Crippen molar-refractivity contribution in [1.82, 2.24) is 0 Å². The lowest BCUT2D eigenvalue weighted by Crippen LogP contribution is -2.54. The molecule has 7 aliphatic rings. The molecule has 0 aromatic heterocycles. The van der Waals surface area contributed by atoms with Gasteiger partial charge in [-0.2, -0.15) is 0 Å². The Balaban J connectivity index is 1.16. The summed E-state index contributed by atoms with van der Waals surface area (Å²) in [5.41, 5.74) is 9.30. The average Bonchev–Trinajstić information content (AvgIpc) is 3.58. The van der Waals surface area contributed by atoms with Crippen LogP contribution in [-0.4, -0.2) is 0 Å². The third kappa shape index (κ3) is 2.06. The molecule has 0 saturated heterocycles. The van der Waals surface area contributed by atoms with Gasteiger partial charge in [0.1, 0.15) is 0 Å². The van der Waals surface area contributed by atoms with Crippen LogP contribution in [0.3, 0.4) is 0 Å². The van der Waals surface area contributed by atoms with E-state index in [-0.39, 0.29) is 0 Å². The molecule has 1 spiro atoms. The Kier molecular flexibility index (Phi) is 3.79. The first-order chi connectivity index (χ1) is 15.2. The van der Waals surface area contributed by atoms with Crippen molar-refractivity contribution >= 4 is 0 Å². The monoisotopic (exact) mass is 428 g/mol. The predicted molar refractivity (Wildman–Crippen MR) is 134 cm³/mol. The summed E-state index contributed by atoms with van der Waals surface area (Å²) in [5.74, 6) is 7.64. The normalized spacial score (nSPS) is 57.3. The van der Waals surface area contributed by atoms with Crippen molar-refractivity contribution in [2.45, 2.75) is 86.0 Å². The minimum absolute atomic E-state index is 0.411. The third-order valence-corrected chi connectivity index (χ3v) is 13.6. The Morgan fingerprint density at radius 1 is 0.969 bits per heavy atom. The van der Waals surface area contributed by atoms with Crippen molar-refractivity contribution in [3.63, 3.8) is 0 Å². The molecule has 0 nitrogen and oxygen atoms in total. The molecule has 0 N–H and O–H groups in total. The second-order valence-electron chi connectivity index (χ2n) is 14.1. The molecular formula is C32H44. The summed E-state index contributed by atoms with van der Waals surface area (Å²) in [6, 6.07) is 0. The van der Waals surface area contributed by atoms with E-state index in [9.17, 15) is 0 Å². The van der Waals surface area contributed by atoms with E-state index in [1.165, 1.54) is 56.1 Å². The molecule has 0 aliphatic heterocycles. The standard InChI is InChI=1S/C32H44/c1-17-12-22(13-18(2)20(17)4)15-23-8-9-25-24-16-28-29-27-14-19(3)21(5)31(7,32(27,28)29)26(24)10-11-30(23,25)6/h14,22-29H,1,5,8-13,15-16H2,2-4,6-7H3. The molecule has 32 heavy (non-hydrogen) atoms. The minimum Gasteiger partial charge on any atom is -0.0956 e. The molecule has 5 saturated carbocycles. The highest BCUT2D eigenvalue weighted by Crippen LogP contribution is 2.98. The zero-order chi connectivity index (χ0) is 22.4. The molecule has 0 amide bonds. The van der Waals surface area contributed by atoms with Crippen LogP contribution in [0.4, 0.5) is 0 Å². The van der Waals surface area contributed by atoms with Crippen LogP contribution < -0.4 is 0 Å². The fourth-order valence-corrected chi connectivity index (χ4v) is 11.8. The quantitative estimate of drug-likeness (QED) is 0.413. The van der Waals surface area contributed by atoms with Crippen LogP contribution in [0.15, 0.2) is 47.1 Å². The molecule has 172 valence electrons. The van der Waals surface area contributed by atoms with Gasteiger partial charge >= 0.3 is 0 Å². The van der Waals surface area contributed by atoms with Crippen molar-refractivity contribution in [3.8, 4) is 0 Å². The van der Waals surface area contributed by atoms with E-state index >= 15 is 0 Å². The van der Waals surface area contributed by atoms with Gasteiger partial charge in [-0.15, -0.1) is 0 Å². The summed E-state index contributed by atoms with van der Waals surface area (Å²) in [5, 5.41) is 0. The Bertz CT molecular complexity index is 1010. The van der Waals surface area contributed by atoms with Crippen molar-refractivity contribution in [1.29, 1.82) is 0 Å². The van der Waals surface area contributed by atoms with Crippen LogP contribution in [0.25, 0.3) is 0 Å². The van der Waals surface area contributed by atoms with Gasteiger partial charge < -0.3 is 0 Å². The number of hydrogen-bond acceptors (Lipinski definition) is 0. The van der Waals surface area contributed by atoms with Gasteiger partial charge in [0.05, 0.1) is 0 Å². The number of rotatable bonds is 2. The van der Waals surface area contributed by atoms with E-state index in [4.69, 9.17) is 6.58 Å². The van der Waals surface area contributed by atoms with Crippen molar-refractivity contribution in [2.24, 2.45) is 63.6 Å². The maximum atomic E-state index is 4.76. The number of fused-ring (bicyclic) bond motifs is 6. The van der Waals surface area contributed by atoms with Crippen LogP contribution in [0.1, 0.15) is 86.0 Å². The molecule has 0 bridgehead atoms. The summed E-state index contributed by atoms with van der Waals surface area (Å²) in [6.45, 7) is 21.6. The molecule has 0 heteroatoms. The zero-order valence-corrected chi connectivity index (χ0v) is 21.3. The van der Waals surface area contributed by atoms with Gasteiger partial charge in [0.2, 0.25) is 0 Å². The van der Waals surface area contributed by atoms with Crippen molar-refractivity contribution < 1.29 is 0 Å². The molecule has 11 unspecified atom stereocenters. The maximum absolute atomic E-state index is 4.76. The van der Waals surface area contributed by atoms with Crippen LogP contribution >= 0.6 is 0 Å². The Labute approximate surface area is 196 Å². The molecule has 0 radical (unpaired) electrons. The first-order valence-electron chi connectivity index (χ1n) is 13.9. The van der Waals surface area contributed by atoms with Crippen LogP contribution in [0, 0.1) is 63.6 Å². The van der Waals surface area contributed by atoms with Crippen molar-refractivity contribution in [2.75, 3.05) is 0 Å². The topological polar surface area (TPSA) is 0 Å². The van der Waals surface area contributed by atoms with Gasteiger partial charge in [0, 0.05) is 5.41 Å². The SMILES string of the molecule is C=C1CC(CC2CCC3C4CC5C6C7C=C(C)C(=C)C(C)(C4CCC23C)C756)CC(C)=C1C. The van der Waals surface area contributed by atoms with E-state index in [2.05, 4.69) is 47.3 Å². The summed E-state index contributed by atoms with van der Waals surface area (Å²) >= 11 is 0. The highest BCUT2D eigenvalue weighted by molar-refractivity contribution is 5.56. The van der Waals surface area contributed by atoms with Crippen molar-refractivity contribution in [3.05, 3.63) is 47.1 Å². The lowest BCUT2D eigenvalue weighted by atomic mass is 9.44. The summed E-state index contributed by atoms with van der Waals surface area (Å²) in [4.78, 5) is 0. The van der Waals surface area contributed by atoms with Gasteiger partial charge in [-0.3, -0.25) is 0 Å². The Hall–Kier alpha value is -1.04. The molecule has 7 rings (SSSR count). The highest BCUT2D eigenvalue weighted by atomic mass is 15.0. The number of hydrogen-bond donors (Lipinski definition) is 0. The van der Waals surface area contributed by atoms with Crippen LogP contribution in [0.2, 0.25) is 0 Å².